The summed E-state index contributed by atoms with van der Waals surface area (Å²) in [5, 5.41) is 1.83. The van der Waals surface area contributed by atoms with Crippen molar-refractivity contribution in [2.24, 2.45) is 5.41 Å². The van der Waals surface area contributed by atoms with Gasteiger partial charge in [-0.25, -0.2) is 4.79 Å². The standard InChI is InChI=1S/C42H52O4/c1-9-26-40(6,11-3)38(43)32-16-14-31-29-33(17-15-30(31)28-32)39(44)45-36-22-18-34(19-23-36)42(8,13-5)35-20-24-37(25-21-35)46-41(7,12-4)27-10-2/h14-25,28-29H,9-13,26-27H2,1-8H3. The summed E-state index contributed by atoms with van der Waals surface area (Å²) in [4.78, 5) is 26.4. The van der Waals surface area contributed by atoms with Gasteiger partial charge in [0.2, 0.25) is 0 Å². The van der Waals surface area contributed by atoms with Gasteiger partial charge in [-0.05, 0) is 103 Å². The van der Waals surface area contributed by atoms with E-state index >= 15 is 0 Å². The van der Waals surface area contributed by atoms with Gasteiger partial charge in [0.15, 0.2) is 5.78 Å². The number of ether oxygens (including phenoxy) is 2. The van der Waals surface area contributed by atoms with E-state index in [1.54, 1.807) is 6.07 Å². The van der Waals surface area contributed by atoms with Gasteiger partial charge in [0.05, 0.1) is 5.56 Å². The lowest BCUT2D eigenvalue weighted by atomic mass is 9.74. The number of hydrogen-bond acceptors (Lipinski definition) is 4. The van der Waals surface area contributed by atoms with Crippen molar-refractivity contribution < 1.29 is 19.1 Å². The first-order valence-corrected chi connectivity index (χ1v) is 17.1. The number of fused-ring (bicyclic) bond motifs is 1. The topological polar surface area (TPSA) is 52.6 Å². The van der Waals surface area contributed by atoms with Crippen molar-refractivity contribution >= 4 is 22.5 Å². The van der Waals surface area contributed by atoms with Gasteiger partial charge in [0.25, 0.3) is 0 Å². The van der Waals surface area contributed by atoms with Crippen LogP contribution in [-0.4, -0.2) is 17.4 Å². The molecule has 4 rings (SSSR count). The fourth-order valence-electron chi connectivity index (χ4n) is 6.50. The molecule has 0 aliphatic rings. The van der Waals surface area contributed by atoms with Crippen LogP contribution in [0.2, 0.25) is 0 Å². The second-order valence-electron chi connectivity index (χ2n) is 13.5. The summed E-state index contributed by atoms with van der Waals surface area (Å²) < 4.78 is 12.2. The Morgan fingerprint density at radius 1 is 0.587 bits per heavy atom. The molecule has 4 nitrogen and oxygen atoms in total. The fourth-order valence-corrected chi connectivity index (χ4v) is 6.50. The van der Waals surface area contributed by atoms with Crippen LogP contribution in [0.4, 0.5) is 0 Å². The molecule has 4 aromatic rings. The molecule has 0 radical (unpaired) electrons. The molecular weight excluding hydrogens is 568 g/mol. The van der Waals surface area contributed by atoms with Crippen molar-refractivity contribution in [3.63, 3.8) is 0 Å². The fraction of sp³-hybridized carbons (Fsp3) is 0.429. The Hall–Kier alpha value is -3.92. The molecule has 3 atom stereocenters. The molecule has 0 amide bonds. The van der Waals surface area contributed by atoms with Gasteiger partial charge < -0.3 is 9.47 Å². The van der Waals surface area contributed by atoms with Crippen molar-refractivity contribution in [1.29, 1.82) is 0 Å². The van der Waals surface area contributed by atoms with Gasteiger partial charge in [0, 0.05) is 16.4 Å². The maximum atomic E-state index is 13.3. The van der Waals surface area contributed by atoms with Crippen LogP contribution in [-0.2, 0) is 5.41 Å². The molecule has 46 heavy (non-hydrogen) atoms. The highest BCUT2D eigenvalue weighted by Crippen LogP contribution is 2.38. The average Bonchev–Trinajstić information content (AvgIpc) is 3.07. The first kappa shape index (κ1) is 34.9. The summed E-state index contributed by atoms with van der Waals surface area (Å²) >= 11 is 0. The Bertz CT molecular complexity index is 1640. The van der Waals surface area contributed by atoms with E-state index in [4.69, 9.17) is 9.47 Å². The number of benzene rings is 4. The van der Waals surface area contributed by atoms with Gasteiger partial charge in [-0.3, -0.25) is 4.79 Å². The average molecular weight is 621 g/mol. The SMILES string of the molecule is CCCC(C)(CC)Oc1ccc(C(C)(CC)c2ccc(OC(=O)c3ccc4cc(C(=O)C(C)(CC)CCC)ccc4c3)cc2)cc1. The summed E-state index contributed by atoms with van der Waals surface area (Å²) in [6, 6.07) is 27.6. The number of carbonyl (C=O) groups is 2. The molecule has 0 N–H and O–H groups in total. The monoisotopic (exact) mass is 620 g/mol. The third kappa shape index (κ3) is 7.54. The van der Waals surface area contributed by atoms with Gasteiger partial charge in [-0.2, -0.15) is 0 Å². The van der Waals surface area contributed by atoms with Crippen LogP contribution in [0.15, 0.2) is 84.9 Å². The van der Waals surface area contributed by atoms with Gasteiger partial charge in [-0.15, -0.1) is 0 Å². The minimum atomic E-state index is -0.410. The second-order valence-corrected chi connectivity index (χ2v) is 13.5. The lowest BCUT2D eigenvalue weighted by molar-refractivity contribution is 0.0731. The molecule has 0 aliphatic heterocycles. The smallest absolute Gasteiger partial charge is 0.343 e. The van der Waals surface area contributed by atoms with Crippen LogP contribution in [0, 0.1) is 5.41 Å². The highest BCUT2D eigenvalue weighted by Gasteiger charge is 2.31. The Morgan fingerprint density at radius 2 is 1.11 bits per heavy atom. The van der Waals surface area contributed by atoms with Crippen molar-refractivity contribution in [1.82, 2.24) is 0 Å². The van der Waals surface area contributed by atoms with Crippen molar-refractivity contribution in [2.75, 3.05) is 0 Å². The molecule has 0 spiro atoms. The minimum absolute atomic E-state index is 0.153. The van der Waals surface area contributed by atoms with Crippen LogP contribution in [0.5, 0.6) is 11.5 Å². The van der Waals surface area contributed by atoms with Gasteiger partial charge in [-0.1, -0.05) is 104 Å². The lowest BCUT2D eigenvalue weighted by Crippen LogP contribution is -2.31. The third-order valence-electron chi connectivity index (χ3n) is 10.3. The van der Waals surface area contributed by atoms with Crippen LogP contribution in [0.25, 0.3) is 10.8 Å². The number of Topliss-reactive ketones (excluding diaryl/α,β-unsaturated/α-hetero) is 1. The molecular formula is C42H52O4. The summed E-state index contributed by atoms with van der Waals surface area (Å²) in [5.41, 5.74) is 2.84. The zero-order chi connectivity index (χ0) is 33.5. The maximum absolute atomic E-state index is 13.3. The van der Waals surface area contributed by atoms with E-state index in [0.717, 1.165) is 72.6 Å². The molecule has 0 bridgehead atoms. The molecule has 0 heterocycles. The predicted octanol–water partition coefficient (Wildman–Crippen LogP) is 11.5. The van der Waals surface area contributed by atoms with Crippen LogP contribution < -0.4 is 9.47 Å². The van der Waals surface area contributed by atoms with Crippen LogP contribution in [0.3, 0.4) is 0 Å². The van der Waals surface area contributed by atoms with Crippen LogP contribution in [0.1, 0.15) is 132 Å². The number of ketones is 1. The number of carbonyl (C=O) groups excluding carboxylic acids is 2. The van der Waals surface area contributed by atoms with E-state index in [2.05, 4.69) is 79.7 Å². The zero-order valence-electron chi connectivity index (χ0n) is 29.2. The Kier molecular flexibility index (Phi) is 11.1. The third-order valence-corrected chi connectivity index (χ3v) is 10.3. The highest BCUT2D eigenvalue weighted by molar-refractivity contribution is 6.04. The molecule has 0 saturated heterocycles. The van der Waals surface area contributed by atoms with E-state index in [0.29, 0.717) is 11.3 Å². The predicted molar refractivity (Wildman–Crippen MR) is 190 cm³/mol. The number of hydrogen-bond donors (Lipinski definition) is 0. The second kappa shape index (κ2) is 14.7. The highest BCUT2D eigenvalue weighted by atomic mass is 16.5. The van der Waals surface area contributed by atoms with E-state index in [9.17, 15) is 9.59 Å². The Morgan fingerprint density at radius 3 is 1.61 bits per heavy atom. The van der Waals surface area contributed by atoms with Crippen molar-refractivity contribution in [3.05, 3.63) is 107 Å². The molecule has 0 saturated carbocycles. The summed E-state index contributed by atoms with van der Waals surface area (Å²) in [5.74, 6) is 1.17. The van der Waals surface area contributed by atoms with E-state index < -0.39 is 5.97 Å². The van der Waals surface area contributed by atoms with Crippen molar-refractivity contribution in [3.8, 4) is 11.5 Å². The van der Waals surface area contributed by atoms with E-state index in [1.165, 1.54) is 5.56 Å². The molecule has 0 fully saturated rings. The van der Waals surface area contributed by atoms with Gasteiger partial charge >= 0.3 is 5.97 Å². The Labute approximate surface area is 276 Å². The first-order valence-electron chi connectivity index (χ1n) is 17.1. The molecule has 0 aliphatic carbocycles. The quantitative estimate of drug-likeness (QED) is 0.0754. The first-order chi connectivity index (χ1) is 21.9. The maximum Gasteiger partial charge on any atom is 0.343 e. The largest absolute Gasteiger partial charge is 0.488 e. The minimum Gasteiger partial charge on any atom is -0.488 e. The van der Waals surface area contributed by atoms with Crippen molar-refractivity contribution in [2.45, 2.75) is 111 Å². The molecule has 3 unspecified atom stereocenters. The van der Waals surface area contributed by atoms with E-state index in [1.807, 2.05) is 54.6 Å². The molecule has 244 valence electrons. The van der Waals surface area contributed by atoms with Crippen LogP contribution >= 0.6 is 0 Å². The zero-order valence-corrected chi connectivity index (χ0v) is 29.2. The number of rotatable bonds is 15. The van der Waals surface area contributed by atoms with E-state index in [-0.39, 0.29) is 22.2 Å². The molecule has 4 heteroatoms. The molecule has 4 aromatic carbocycles. The summed E-state index contributed by atoms with van der Waals surface area (Å²) in [6.07, 6.45) is 6.63. The normalized spacial score (nSPS) is 15.4. The lowest BCUT2D eigenvalue weighted by Gasteiger charge is -2.32. The summed E-state index contributed by atoms with van der Waals surface area (Å²) in [6.45, 7) is 17.2. The molecule has 0 aromatic heterocycles. The number of esters is 1. The van der Waals surface area contributed by atoms with Gasteiger partial charge in [0.1, 0.15) is 17.1 Å². The summed E-state index contributed by atoms with van der Waals surface area (Å²) in [7, 11) is 0. The Balaban J connectivity index is 1.47.